The van der Waals surface area contributed by atoms with Crippen molar-refractivity contribution in [3.63, 3.8) is 0 Å². The topological polar surface area (TPSA) is 127 Å². The second-order valence-corrected chi connectivity index (χ2v) is 12.3. The fourth-order valence-corrected chi connectivity index (χ4v) is 7.51. The third kappa shape index (κ3) is 4.59. The minimum absolute atomic E-state index is 0.107. The summed E-state index contributed by atoms with van der Waals surface area (Å²) in [6.07, 6.45) is 11.1. The molecule has 1 unspecified atom stereocenters. The van der Waals surface area contributed by atoms with Crippen molar-refractivity contribution < 1.29 is 29.0 Å². The van der Waals surface area contributed by atoms with E-state index in [1.165, 1.54) is 4.90 Å². The van der Waals surface area contributed by atoms with Gasteiger partial charge in [-0.25, -0.2) is 4.68 Å². The van der Waals surface area contributed by atoms with Crippen LogP contribution in [0.1, 0.15) is 52.9 Å². The van der Waals surface area contributed by atoms with Crippen LogP contribution in [0.4, 0.5) is 0 Å². The van der Waals surface area contributed by atoms with E-state index in [0.29, 0.717) is 18.4 Å². The van der Waals surface area contributed by atoms with Crippen molar-refractivity contribution in [3.05, 3.63) is 48.6 Å². The number of amides is 2. The molecule has 4 aliphatic rings. The van der Waals surface area contributed by atoms with Crippen LogP contribution in [0.25, 0.3) is 11.0 Å². The Morgan fingerprint density at radius 3 is 2.65 bits per heavy atom. The average molecular weight is 592 g/mol. The molecule has 5 heterocycles. The van der Waals surface area contributed by atoms with Crippen LogP contribution >= 0.6 is 0 Å². The van der Waals surface area contributed by atoms with Gasteiger partial charge in [0.15, 0.2) is 0 Å². The summed E-state index contributed by atoms with van der Waals surface area (Å²) in [5.41, 5.74) is -1.05. The number of carbonyl (C=O) groups is 3. The summed E-state index contributed by atoms with van der Waals surface area (Å²) in [5, 5.41) is 19.2. The van der Waals surface area contributed by atoms with E-state index in [0.717, 1.165) is 24.8 Å². The number of nitrogens with zero attached hydrogens (tertiary/aromatic N) is 5. The Kier molecular flexibility index (Phi) is 7.89. The second kappa shape index (κ2) is 11.5. The molecular formula is C32H41N5O6. The largest absolute Gasteiger partial charge is 0.465 e. The van der Waals surface area contributed by atoms with Crippen molar-refractivity contribution in [2.75, 3.05) is 19.8 Å². The first-order valence-electron chi connectivity index (χ1n) is 15.5. The highest BCUT2D eigenvalue weighted by Crippen LogP contribution is 2.58. The molecule has 0 saturated carbocycles. The molecule has 2 amide bonds. The number of cyclic esters (lactones) is 1. The lowest BCUT2D eigenvalue weighted by atomic mass is 9.73. The summed E-state index contributed by atoms with van der Waals surface area (Å²) in [7, 11) is 0. The van der Waals surface area contributed by atoms with E-state index < -0.39 is 41.1 Å². The SMILES string of the molecule is CC[C@H](C)[C@H](CO)N1C(=O)[C@@H]2[C@H]3C(=O)OCCCC/C=C\[C@@]3(CC)O[C@@]23C=CCN(Cn2nnc4ccccc42)C(=O)C13. The van der Waals surface area contributed by atoms with Gasteiger partial charge in [0, 0.05) is 6.54 Å². The Balaban J connectivity index is 1.48. The van der Waals surface area contributed by atoms with E-state index in [9.17, 15) is 19.5 Å². The van der Waals surface area contributed by atoms with E-state index >= 15 is 0 Å². The maximum atomic E-state index is 14.8. The molecule has 2 aromatic rings. The molecule has 0 radical (unpaired) electrons. The van der Waals surface area contributed by atoms with Crippen molar-refractivity contribution in [1.82, 2.24) is 24.8 Å². The maximum Gasteiger partial charge on any atom is 0.313 e. The molecule has 1 spiro atoms. The molecule has 230 valence electrons. The molecule has 2 saturated heterocycles. The molecule has 1 N–H and O–H groups in total. The standard InChI is InChI=1S/C32H41N5O6/c1-4-21(3)24(19-38)37-27-29(40)35(20-36-23-14-9-8-13-22(23)33-34-36)17-12-16-32(27)25(28(37)39)26-30(41)42-18-11-7-6-10-15-31(26,5-2)43-32/h8-10,12-16,21,24-27,38H,4-7,11,17-20H2,1-3H3/b15-10-/t21-,24-,25-,26-,27?,31+,32-/m0/s1. The molecule has 7 atom stereocenters. The quantitative estimate of drug-likeness (QED) is 0.385. The van der Waals surface area contributed by atoms with Gasteiger partial charge in [-0.1, -0.05) is 68.8 Å². The third-order valence-electron chi connectivity index (χ3n) is 9.97. The number of likely N-dealkylation sites (tertiary alicyclic amines) is 1. The number of rotatable bonds is 7. The zero-order valence-corrected chi connectivity index (χ0v) is 25.1. The number of benzene rings is 1. The lowest BCUT2D eigenvalue weighted by molar-refractivity contribution is -0.164. The minimum atomic E-state index is -1.42. The Bertz CT molecular complexity index is 1450. The van der Waals surface area contributed by atoms with Crippen molar-refractivity contribution >= 4 is 28.8 Å². The molecule has 6 rings (SSSR count). The number of aliphatic hydroxyl groups is 1. The number of aliphatic hydroxyl groups excluding tert-OH is 1. The first-order valence-corrected chi connectivity index (χ1v) is 15.5. The molecule has 11 nitrogen and oxygen atoms in total. The van der Waals surface area contributed by atoms with Crippen LogP contribution < -0.4 is 0 Å². The van der Waals surface area contributed by atoms with E-state index in [2.05, 4.69) is 10.3 Å². The van der Waals surface area contributed by atoms with Gasteiger partial charge < -0.3 is 24.4 Å². The van der Waals surface area contributed by atoms with E-state index in [1.54, 1.807) is 9.58 Å². The fourth-order valence-electron chi connectivity index (χ4n) is 7.51. The van der Waals surface area contributed by atoms with Crippen LogP contribution in [0, 0.1) is 17.8 Å². The number of ether oxygens (including phenoxy) is 2. The zero-order valence-electron chi connectivity index (χ0n) is 25.1. The van der Waals surface area contributed by atoms with Crippen LogP contribution in [-0.2, 0) is 30.5 Å². The van der Waals surface area contributed by atoms with Gasteiger partial charge in [-0.3, -0.25) is 14.4 Å². The lowest BCUT2D eigenvalue weighted by Gasteiger charge is -2.42. The van der Waals surface area contributed by atoms with Crippen LogP contribution in [0.3, 0.4) is 0 Å². The normalized spacial score (nSPS) is 33.0. The number of aromatic nitrogens is 3. The predicted molar refractivity (Wildman–Crippen MR) is 157 cm³/mol. The van der Waals surface area contributed by atoms with E-state index in [1.807, 2.05) is 69.3 Å². The number of hydrogen-bond donors (Lipinski definition) is 1. The zero-order chi connectivity index (χ0) is 30.4. The van der Waals surface area contributed by atoms with Crippen LogP contribution in [0.5, 0.6) is 0 Å². The van der Waals surface area contributed by atoms with Gasteiger partial charge in [0.2, 0.25) is 5.91 Å². The third-order valence-corrected chi connectivity index (χ3v) is 9.97. The Hall–Kier alpha value is -3.57. The van der Waals surface area contributed by atoms with Crippen LogP contribution in [0.2, 0.25) is 0 Å². The highest BCUT2D eigenvalue weighted by molar-refractivity contribution is 5.99. The van der Waals surface area contributed by atoms with Crippen molar-refractivity contribution in [2.45, 2.75) is 82.8 Å². The molecule has 43 heavy (non-hydrogen) atoms. The van der Waals surface area contributed by atoms with Crippen molar-refractivity contribution in [1.29, 1.82) is 0 Å². The summed E-state index contributed by atoms with van der Waals surface area (Å²) in [6.45, 7) is 6.20. The average Bonchev–Trinajstić information content (AvgIpc) is 3.59. The lowest BCUT2D eigenvalue weighted by Crippen LogP contribution is -2.60. The van der Waals surface area contributed by atoms with Gasteiger partial charge in [0.1, 0.15) is 35.3 Å². The van der Waals surface area contributed by atoms with Gasteiger partial charge in [-0.05, 0) is 43.7 Å². The highest BCUT2D eigenvalue weighted by Gasteiger charge is 2.76. The van der Waals surface area contributed by atoms with Gasteiger partial charge in [-0.15, -0.1) is 5.10 Å². The summed E-state index contributed by atoms with van der Waals surface area (Å²) in [4.78, 5) is 46.5. The fraction of sp³-hybridized carbons (Fsp3) is 0.594. The number of fused-ring (bicyclic) bond motifs is 3. The molecular weight excluding hydrogens is 550 g/mol. The number of esters is 1. The van der Waals surface area contributed by atoms with Gasteiger partial charge in [0.25, 0.3) is 5.91 Å². The monoisotopic (exact) mass is 591 g/mol. The summed E-state index contributed by atoms with van der Waals surface area (Å²) in [6, 6.07) is 5.80. The molecule has 4 aliphatic heterocycles. The summed E-state index contributed by atoms with van der Waals surface area (Å²) in [5.74, 6) is -3.20. The first-order chi connectivity index (χ1) is 20.8. The summed E-state index contributed by atoms with van der Waals surface area (Å²) < 4.78 is 14.5. The predicted octanol–water partition coefficient (Wildman–Crippen LogP) is 2.84. The number of hydrogen-bond acceptors (Lipinski definition) is 8. The van der Waals surface area contributed by atoms with Crippen LogP contribution in [0.15, 0.2) is 48.6 Å². The van der Waals surface area contributed by atoms with Crippen molar-refractivity contribution in [3.8, 4) is 0 Å². The molecule has 11 heteroatoms. The first kappa shape index (κ1) is 29.5. The molecule has 0 bridgehead atoms. The van der Waals surface area contributed by atoms with Gasteiger partial charge >= 0.3 is 5.97 Å². The number of carbonyl (C=O) groups excluding carboxylic acids is 3. The Morgan fingerprint density at radius 2 is 1.88 bits per heavy atom. The van der Waals surface area contributed by atoms with Crippen molar-refractivity contribution in [2.24, 2.45) is 17.8 Å². The molecule has 1 aromatic carbocycles. The van der Waals surface area contributed by atoms with E-state index in [-0.39, 0.29) is 44.2 Å². The van der Waals surface area contributed by atoms with Gasteiger partial charge in [0.05, 0.1) is 30.7 Å². The van der Waals surface area contributed by atoms with Gasteiger partial charge in [-0.2, -0.15) is 0 Å². The minimum Gasteiger partial charge on any atom is -0.465 e. The summed E-state index contributed by atoms with van der Waals surface area (Å²) >= 11 is 0. The second-order valence-electron chi connectivity index (χ2n) is 12.3. The Morgan fingerprint density at radius 1 is 1.07 bits per heavy atom. The van der Waals surface area contributed by atoms with Crippen LogP contribution in [-0.4, -0.2) is 90.7 Å². The van der Waals surface area contributed by atoms with E-state index in [4.69, 9.17) is 9.47 Å². The molecule has 2 fully saturated rings. The number of para-hydroxylation sites is 1. The Labute approximate surface area is 251 Å². The highest BCUT2D eigenvalue weighted by atomic mass is 16.6. The molecule has 0 aliphatic carbocycles. The number of allylic oxidation sites excluding steroid dienone is 1. The smallest absolute Gasteiger partial charge is 0.313 e. The molecule has 1 aromatic heterocycles. The maximum absolute atomic E-state index is 14.8.